The summed E-state index contributed by atoms with van der Waals surface area (Å²) in [7, 11) is 0. The molecule has 0 bridgehead atoms. The molecule has 1 aromatic carbocycles. The number of thioether (sulfide) groups is 1. The first-order valence-corrected chi connectivity index (χ1v) is 8.50. The summed E-state index contributed by atoms with van der Waals surface area (Å²) in [5.74, 6) is 0.889. The first kappa shape index (κ1) is 16.8. The Balaban J connectivity index is 1.91. The third-order valence-corrected chi connectivity index (χ3v) is 4.63. The van der Waals surface area contributed by atoms with Crippen LogP contribution in [0.4, 0.5) is 4.39 Å². The molecule has 0 saturated carbocycles. The van der Waals surface area contributed by atoms with Gasteiger partial charge in [0, 0.05) is 6.04 Å². The Hall–Kier alpha value is -1.56. The van der Waals surface area contributed by atoms with Gasteiger partial charge in [-0.2, -0.15) is 0 Å². The number of benzene rings is 1. The predicted octanol–water partition coefficient (Wildman–Crippen LogP) is 2.04. The monoisotopic (exact) mass is 324 g/mol. The maximum Gasteiger partial charge on any atom is 0.239 e. The lowest BCUT2D eigenvalue weighted by Gasteiger charge is -2.24. The highest BCUT2D eigenvalue weighted by Gasteiger charge is 2.24. The summed E-state index contributed by atoms with van der Waals surface area (Å²) in [6.45, 7) is 4.18. The van der Waals surface area contributed by atoms with Crippen LogP contribution in [0, 0.1) is 11.7 Å². The van der Waals surface area contributed by atoms with E-state index < -0.39 is 0 Å². The second-order valence-electron chi connectivity index (χ2n) is 5.82. The van der Waals surface area contributed by atoms with Gasteiger partial charge in [-0.3, -0.25) is 9.59 Å². The Morgan fingerprint density at radius 1 is 1.36 bits per heavy atom. The molecule has 1 aliphatic rings. The summed E-state index contributed by atoms with van der Waals surface area (Å²) in [6, 6.07) is 6.28. The number of halogens is 1. The van der Waals surface area contributed by atoms with Crippen LogP contribution < -0.4 is 5.32 Å². The van der Waals surface area contributed by atoms with Crippen molar-refractivity contribution in [2.45, 2.75) is 26.3 Å². The van der Waals surface area contributed by atoms with Gasteiger partial charge in [0.1, 0.15) is 12.4 Å². The SMILES string of the molecule is CC(C)[C@@H](Cc1ccc(F)cc1)NC(=O)CN1CSCC1=O. The van der Waals surface area contributed by atoms with Crippen molar-refractivity contribution in [1.82, 2.24) is 10.2 Å². The molecule has 2 amide bonds. The summed E-state index contributed by atoms with van der Waals surface area (Å²) >= 11 is 1.52. The molecule has 0 aromatic heterocycles. The maximum absolute atomic E-state index is 12.9. The second-order valence-corrected chi connectivity index (χ2v) is 6.77. The smallest absolute Gasteiger partial charge is 0.239 e. The van der Waals surface area contributed by atoms with Crippen molar-refractivity contribution in [3.63, 3.8) is 0 Å². The zero-order valence-electron chi connectivity index (χ0n) is 12.8. The molecule has 0 spiro atoms. The summed E-state index contributed by atoms with van der Waals surface area (Å²) in [5, 5.41) is 2.99. The van der Waals surface area contributed by atoms with E-state index in [1.54, 1.807) is 17.0 Å². The van der Waals surface area contributed by atoms with Gasteiger partial charge in [-0.25, -0.2) is 4.39 Å². The second kappa shape index (κ2) is 7.63. The Morgan fingerprint density at radius 2 is 2.05 bits per heavy atom. The molecule has 1 aromatic rings. The molecule has 1 N–H and O–H groups in total. The van der Waals surface area contributed by atoms with Gasteiger partial charge in [0.25, 0.3) is 0 Å². The van der Waals surface area contributed by atoms with E-state index in [-0.39, 0.29) is 36.1 Å². The van der Waals surface area contributed by atoms with E-state index in [9.17, 15) is 14.0 Å². The average molecular weight is 324 g/mol. The van der Waals surface area contributed by atoms with Gasteiger partial charge < -0.3 is 10.2 Å². The Bertz CT molecular complexity index is 533. The van der Waals surface area contributed by atoms with Crippen LogP contribution in [0.25, 0.3) is 0 Å². The van der Waals surface area contributed by atoms with Gasteiger partial charge in [-0.15, -0.1) is 11.8 Å². The molecule has 1 fully saturated rings. The van der Waals surface area contributed by atoms with Gasteiger partial charge >= 0.3 is 0 Å². The first-order valence-electron chi connectivity index (χ1n) is 7.35. The zero-order valence-corrected chi connectivity index (χ0v) is 13.7. The van der Waals surface area contributed by atoms with E-state index in [0.717, 1.165) is 5.56 Å². The highest BCUT2D eigenvalue weighted by Crippen LogP contribution is 2.15. The molecule has 120 valence electrons. The van der Waals surface area contributed by atoms with Gasteiger partial charge in [-0.05, 0) is 30.0 Å². The lowest BCUT2D eigenvalue weighted by Crippen LogP contribution is -2.45. The van der Waals surface area contributed by atoms with E-state index in [0.29, 0.717) is 18.1 Å². The minimum absolute atomic E-state index is 0.0137. The van der Waals surface area contributed by atoms with Crippen molar-refractivity contribution in [3.8, 4) is 0 Å². The molecule has 22 heavy (non-hydrogen) atoms. The number of carbonyl (C=O) groups excluding carboxylic acids is 2. The summed E-state index contributed by atoms with van der Waals surface area (Å²) in [4.78, 5) is 25.2. The molecule has 1 saturated heterocycles. The van der Waals surface area contributed by atoms with E-state index in [4.69, 9.17) is 0 Å². The Morgan fingerprint density at radius 3 is 2.59 bits per heavy atom. The molecule has 1 heterocycles. The van der Waals surface area contributed by atoms with Crippen molar-refractivity contribution < 1.29 is 14.0 Å². The number of carbonyl (C=O) groups is 2. The van der Waals surface area contributed by atoms with Crippen LogP contribution in [0.15, 0.2) is 24.3 Å². The largest absolute Gasteiger partial charge is 0.351 e. The third kappa shape index (κ3) is 4.73. The van der Waals surface area contributed by atoms with Gasteiger partial charge in [0.05, 0.1) is 11.6 Å². The van der Waals surface area contributed by atoms with Gasteiger partial charge in [0.15, 0.2) is 0 Å². The lowest BCUT2D eigenvalue weighted by molar-refractivity contribution is -0.132. The minimum Gasteiger partial charge on any atom is -0.351 e. The van der Waals surface area contributed by atoms with Crippen molar-refractivity contribution in [3.05, 3.63) is 35.6 Å². The molecule has 0 aliphatic carbocycles. The van der Waals surface area contributed by atoms with Crippen LogP contribution >= 0.6 is 11.8 Å². The van der Waals surface area contributed by atoms with Gasteiger partial charge in [-0.1, -0.05) is 26.0 Å². The molecular weight excluding hydrogens is 303 g/mol. The fourth-order valence-corrected chi connectivity index (χ4v) is 3.20. The fraction of sp³-hybridized carbons (Fsp3) is 0.500. The van der Waals surface area contributed by atoms with Crippen molar-refractivity contribution in [2.24, 2.45) is 5.92 Å². The number of nitrogens with one attached hydrogen (secondary N) is 1. The van der Waals surface area contributed by atoms with Crippen molar-refractivity contribution in [2.75, 3.05) is 18.2 Å². The topological polar surface area (TPSA) is 49.4 Å². The van der Waals surface area contributed by atoms with Gasteiger partial charge in [0.2, 0.25) is 11.8 Å². The molecule has 0 radical (unpaired) electrons. The average Bonchev–Trinajstić information content (AvgIpc) is 2.85. The number of nitrogens with zero attached hydrogens (tertiary/aromatic N) is 1. The molecule has 2 rings (SSSR count). The molecular formula is C16H21FN2O2S. The van der Waals surface area contributed by atoms with E-state index in [2.05, 4.69) is 5.32 Å². The minimum atomic E-state index is -0.265. The van der Waals surface area contributed by atoms with Crippen LogP contribution in [0.5, 0.6) is 0 Å². The van der Waals surface area contributed by atoms with Crippen molar-refractivity contribution >= 4 is 23.6 Å². The van der Waals surface area contributed by atoms with Crippen molar-refractivity contribution in [1.29, 1.82) is 0 Å². The van der Waals surface area contributed by atoms with Crippen LogP contribution in [0.3, 0.4) is 0 Å². The predicted molar refractivity (Wildman–Crippen MR) is 85.9 cm³/mol. The quantitative estimate of drug-likeness (QED) is 0.871. The summed E-state index contributed by atoms with van der Waals surface area (Å²) in [5.41, 5.74) is 0.980. The highest BCUT2D eigenvalue weighted by atomic mass is 32.2. The maximum atomic E-state index is 12.9. The van der Waals surface area contributed by atoms with Crippen LogP contribution in [0.2, 0.25) is 0 Å². The number of hydrogen-bond donors (Lipinski definition) is 1. The van der Waals surface area contributed by atoms with Crippen LogP contribution in [-0.4, -0.2) is 40.9 Å². The van der Waals surface area contributed by atoms with E-state index in [1.807, 2.05) is 13.8 Å². The van der Waals surface area contributed by atoms with Crippen LogP contribution in [0.1, 0.15) is 19.4 Å². The lowest BCUT2D eigenvalue weighted by atomic mass is 9.96. The molecule has 6 heteroatoms. The molecule has 0 unspecified atom stereocenters. The van der Waals surface area contributed by atoms with Crippen LogP contribution in [-0.2, 0) is 16.0 Å². The number of rotatable bonds is 6. The normalized spacial score (nSPS) is 16.2. The number of amides is 2. The first-order chi connectivity index (χ1) is 10.5. The Kier molecular flexibility index (Phi) is 5.83. The molecule has 1 aliphatic heterocycles. The van der Waals surface area contributed by atoms with E-state index in [1.165, 1.54) is 23.9 Å². The third-order valence-electron chi connectivity index (χ3n) is 3.68. The fourth-order valence-electron chi connectivity index (χ4n) is 2.29. The van der Waals surface area contributed by atoms with E-state index >= 15 is 0 Å². The molecule has 1 atom stereocenters. The Labute approximate surface area is 134 Å². The summed E-state index contributed by atoms with van der Waals surface area (Å²) < 4.78 is 12.9. The zero-order chi connectivity index (χ0) is 16.1. The molecule has 4 nitrogen and oxygen atoms in total. The standard InChI is InChI=1S/C16H21FN2O2S/c1-11(2)14(7-12-3-5-13(17)6-4-12)18-15(20)8-19-10-22-9-16(19)21/h3-6,11,14H,7-10H2,1-2H3,(H,18,20)/t14-/m1/s1. The summed E-state index contributed by atoms with van der Waals surface area (Å²) in [6.07, 6.45) is 0.645. The number of hydrogen-bond acceptors (Lipinski definition) is 3. The highest BCUT2D eigenvalue weighted by molar-refractivity contribution is 8.00.